The number of hydrogen-bond donors (Lipinski definition) is 1. The number of likely N-dealkylation sites (tertiary alicyclic amines) is 1. The zero-order chi connectivity index (χ0) is 23.9. The van der Waals surface area contributed by atoms with Crippen LogP contribution in [0.15, 0.2) is 94.9 Å². The number of aliphatic carboxylic acids is 1. The van der Waals surface area contributed by atoms with Gasteiger partial charge in [-0.1, -0.05) is 78.9 Å². The number of rotatable bonds is 8. The third kappa shape index (κ3) is 6.65. The average molecular weight is 513 g/mol. The summed E-state index contributed by atoms with van der Waals surface area (Å²) in [5.41, 5.74) is 3.60. The molecule has 0 bridgehead atoms. The molecule has 3 aromatic carbocycles. The zero-order valence-electron chi connectivity index (χ0n) is 19.5. The Kier molecular flexibility index (Phi) is 9.35. The molecule has 1 aliphatic heterocycles. The number of benzene rings is 3. The van der Waals surface area contributed by atoms with Gasteiger partial charge in [-0.3, -0.25) is 14.9 Å². The Balaban J connectivity index is 0.00000342. The van der Waals surface area contributed by atoms with Gasteiger partial charge in [0, 0.05) is 40.2 Å². The predicted octanol–water partition coefficient (Wildman–Crippen LogP) is 4.05. The number of hydrogen-bond acceptors (Lipinski definition) is 5. The molecule has 7 heteroatoms. The monoisotopic (exact) mass is 512 g/mol. The molecule has 0 radical (unpaired) electrons. The summed E-state index contributed by atoms with van der Waals surface area (Å²) in [6, 6.07) is 25.6. The summed E-state index contributed by atoms with van der Waals surface area (Å²) in [6.07, 6.45) is 1.72. The molecule has 4 rings (SSSR count). The summed E-state index contributed by atoms with van der Waals surface area (Å²) in [5, 5.41) is 22.8. The molecule has 184 valence electrons. The van der Waals surface area contributed by atoms with E-state index >= 15 is 0 Å². The van der Waals surface area contributed by atoms with E-state index in [1.54, 1.807) is 6.07 Å². The fourth-order valence-electron chi connectivity index (χ4n) is 4.22. The first-order valence-electron chi connectivity index (χ1n) is 11.5. The standard InChI is InChI=1S/C28H29N3O3.Ni/c1-20(28(33)34)29-26(22-13-6-3-7-14-22)23-15-8-9-16-24(23)30-27(32)25-17-10-18-31(25)19-21-11-4-2-5-12-21;/h2-9,11-16,20,25H,10,17-19H2,1H3,(H,30,32)(H,33,34);/p-1. The van der Waals surface area contributed by atoms with Crippen molar-refractivity contribution in [3.05, 3.63) is 102 Å². The van der Waals surface area contributed by atoms with Crippen LogP contribution >= 0.6 is 0 Å². The Morgan fingerprint density at radius 3 is 2.34 bits per heavy atom. The zero-order valence-corrected chi connectivity index (χ0v) is 20.5. The SMILES string of the molecule is CC(N=C(c1ccccc1)c1ccccc1N=C([O-])C1CCCN1Cc1ccccc1)C(=O)O.[Ni]. The second-order valence-electron chi connectivity index (χ2n) is 8.44. The van der Waals surface area contributed by atoms with Crippen LogP contribution in [-0.2, 0) is 27.8 Å². The second-order valence-corrected chi connectivity index (χ2v) is 8.44. The largest absolute Gasteiger partial charge is 0.861 e. The van der Waals surface area contributed by atoms with Crippen LogP contribution in [0.1, 0.15) is 36.5 Å². The average Bonchev–Trinajstić information content (AvgIpc) is 3.32. The minimum absolute atomic E-state index is 0. The van der Waals surface area contributed by atoms with E-state index in [-0.39, 0.29) is 28.4 Å². The van der Waals surface area contributed by atoms with Gasteiger partial charge in [0.2, 0.25) is 0 Å². The first kappa shape index (κ1) is 26.3. The van der Waals surface area contributed by atoms with E-state index in [4.69, 9.17) is 0 Å². The number of carboxylic acids is 1. The number of nitrogens with zero attached hydrogens (tertiary/aromatic N) is 3. The van der Waals surface area contributed by atoms with Gasteiger partial charge < -0.3 is 10.2 Å². The molecule has 1 aliphatic rings. The van der Waals surface area contributed by atoms with Crippen molar-refractivity contribution in [3.8, 4) is 0 Å². The van der Waals surface area contributed by atoms with E-state index in [1.165, 1.54) is 12.5 Å². The maximum absolute atomic E-state index is 13.3. The first-order chi connectivity index (χ1) is 16.5. The van der Waals surface area contributed by atoms with Crippen LogP contribution < -0.4 is 5.11 Å². The molecule has 1 saturated heterocycles. The van der Waals surface area contributed by atoms with Crippen LogP contribution in [0.5, 0.6) is 0 Å². The normalized spacial score (nSPS) is 17.6. The predicted molar refractivity (Wildman–Crippen MR) is 133 cm³/mol. The van der Waals surface area contributed by atoms with Crippen molar-refractivity contribution in [2.75, 3.05) is 6.54 Å². The van der Waals surface area contributed by atoms with Gasteiger partial charge in [-0.2, -0.15) is 0 Å². The number of aliphatic imine (C=N–C) groups is 2. The molecule has 2 atom stereocenters. The van der Waals surface area contributed by atoms with E-state index in [1.807, 2.05) is 66.7 Å². The van der Waals surface area contributed by atoms with Gasteiger partial charge in [-0.15, -0.1) is 0 Å². The van der Waals surface area contributed by atoms with Gasteiger partial charge in [0.1, 0.15) is 6.04 Å². The molecule has 0 aromatic heterocycles. The summed E-state index contributed by atoms with van der Waals surface area (Å²) in [4.78, 5) is 22.7. The summed E-state index contributed by atoms with van der Waals surface area (Å²) >= 11 is 0. The smallest absolute Gasteiger partial charge is 0.328 e. The first-order valence-corrected chi connectivity index (χ1v) is 11.5. The molecule has 0 amide bonds. The van der Waals surface area contributed by atoms with E-state index in [0.29, 0.717) is 23.5 Å². The van der Waals surface area contributed by atoms with Gasteiger partial charge in [0.15, 0.2) is 0 Å². The van der Waals surface area contributed by atoms with E-state index < -0.39 is 12.0 Å². The number of carboxylic acid groups (broad SMARTS) is 1. The fraction of sp³-hybridized carbons (Fsp3) is 0.250. The van der Waals surface area contributed by atoms with Gasteiger partial charge in [0.05, 0.1) is 11.4 Å². The molecule has 0 saturated carbocycles. The Hall–Kier alpha value is -3.28. The molecule has 1 fully saturated rings. The second kappa shape index (κ2) is 12.4. The fourth-order valence-corrected chi connectivity index (χ4v) is 4.22. The Morgan fingerprint density at radius 2 is 1.66 bits per heavy atom. The van der Waals surface area contributed by atoms with Crippen molar-refractivity contribution in [1.29, 1.82) is 0 Å². The van der Waals surface area contributed by atoms with Crippen molar-refractivity contribution in [1.82, 2.24) is 4.90 Å². The molecular formula is C28H28N3NiO3-. The third-order valence-corrected chi connectivity index (χ3v) is 5.99. The van der Waals surface area contributed by atoms with Crippen LogP contribution in [0, 0.1) is 0 Å². The Labute approximate surface area is 216 Å². The molecule has 6 nitrogen and oxygen atoms in total. The van der Waals surface area contributed by atoms with E-state index in [9.17, 15) is 15.0 Å². The quantitative estimate of drug-likeness (QED) is 0.280. The Morgan fingerprint density at radius 1 is 1.03 bits per heavy atom. The summed E-state index contributed by atoms with van der Waals surface area (Å²) in [7, 11) is 0. The topological polar surface area (TPSA) is 88.3 Å². The summed E-state index contributed by atoms with van der Waals surface area (Å²) < 4.78 is 0. The van der Waals surface area contributed by atoms with Crippen LogP contribution in [0.4, 0.5) is 5.69 Å². The minimum Gasteiger partial charge on any atom is -0.861 e. The van der Waals surface area contributed by atoms with Crippen molar-refractivity contribution >= 4 is 23.3 Å². The molecular weight excluding hydrogens is 485 g/mol. The van der Waals surface area contributed by atoms with Gasteiger partial charge in [0.25, 0.3) is 0 Å². The molecule has 0 spiro atoms. The molecule has 0 aliphatic carbocycles. The number of carbonyl (C=O) groups is 1. The van der Waals surface area contributed by atoms with Crippen LogP contribution in [-0.4, -0.2) is 46.2 Å². The van der Waals surface area contributed by atoms with E-state index in [2.05, 4.69) is 27.0 Å². The minimum atomic E-state index is -1.01. The van der Waals surface area contributed by atoms with Crippen LogP contribution in [0.2, 0.25) is 0 Å². The maximum Gasteiger partial charge on any atom is 0.328 e. The molecule has 35 heavy (non-hydrogen) atoms. The van der Waals surface area contributed by atoms with Crippen molar-refractivity contribution < 1.29 is 31.5 Å². The van der Waals surface area contributed by atoms with Gasteiger partial charge in [-0.05, 0) is 43.8 Å². The maximum atomic E-state index is 13.3. The molecule has 3 aromatic rings. The summed E-state index contributed by atoms with van der Waals surface area (Å²) in [6.45, 7) is 3.10. The van der Waals surface area contributed by atoms with Crippen LogP contribution in [0.3, 0.4) is 0 Å². The molecule has 1 heterocycles. The van der Waals surface area contributed by atoms with Crippen molar-refractivity contribution in [2.45, 2.75) is 38.4 Å². The number of para-hydroxylation sites is 1. The van der Waals surface area contributed by atoms with Crippen molar-refractivity contribution in [3.63, 3.8) is 0 Å². The van der Waals surface area contributed by atoms with Crippen LogP contribution in [0.25, 0.3) is 0 Å². The molecule has 2 unspecified atom stereocenters. The van der Waals surface area contributed by atoms with Gasteiger partial charge in [-0.25, -0.2) is 4.79 Å². The summed E-state index contributed by atoms with van der Waals surface area (Å²) in [5.74, 6) is -1.19. The third-order valence-electron chi connectivity index (χ3n) is 5.99. The van der Waals surface area contributed by atoms with Gasteiger partial charge >= 0.3 is 5.97 Å². The Bertz CT molecular complexity index is 1180. The van der Waals surface area contributed by atoms with Crippen molar-refractivity contribution in [2.24, 2.45) is 9.98 Å². The molecule has 1 N–H and O–H groups in total. The van der Waals surface area contributed by atoms with E-state index in [0.717, 1.165) is 24.9 Å².